The molecular formula is C2H4Mn2O7P2. The van der Waals surface area contributed by atoms with E-state index in [-0.39, 0.29) is 34.1 Å². The van der Waals surface area contributed by atoms with Gasteiger partial charge in [-0.15, -0.1) is 0 Å². The quantitative estimate of drug-likeness (QED) is 0.414. The van der Waals surface area contributed by atoms with Crippen molar-refractivity contribution in [1.29, 1.82) is 0 Å². The van der Waals surface area contributed by atoms with Gasteiger partial charge in [0.15, 0.2) is 0 Å². The smallest absolute Gasteiger partial charge is 0.810 e. The monoisotopic (exact) mass is 312 g/mol. The van der Waals surface area contributed by atoms with Crippen LogP contribution in [-0.2, 0) is 43.3 Å². The van der Waals surface area contributed by atoms with Crippen LogP contribution >= 0.6 is 15.2 Å². The van der Waals surface area contributed by atoms with Gasteiger partial charge in [0.2, 0.25) is 0 Å². The fourth-order valence-corrected chi connectivity index (χ4v) is 2.16. The molecule has 0 heterocycles. The van der Waals surface area contributed by atoms with Gasteiger partial charge in [0.05, 0.1) is 6.61 Å². The first-order chi connectivity index (χ1) is 4.69. The zero-order chi connectivity index (χ0) is 9.28. The minimum absolute atomic E-state index is 0. The van der Waals surface area contributed by atoms with Crippen molar-refractivity contribution < 1.29 is 67.9 Å². The van der Waals surface area contributed by atoms with Gasteiger partial charge in [-0.3, -0.25) is 0 Å². The Balaban J connectivity index is -0.000000500. The summed E-state index contributed by atoms with van der Waals surface area (Å²) in [7, 11) is -11.1. The van der Waals surface area contributed by atoms with Gasteiger partial charge >= 0.3 is 34.1 Å². The van der Waals surface area contributed by atoms with Crippen LogP contribution in [0.15, 0.2) is 0 Å². The molecule has 1 N–H and O–H groups in total. The van der Waals surface area contributed by atoms with E-state index in [0.717, 1.165) is 0 Å². The van der Waals surface area contributed by atoms with Crippen LogP contribution in [0.25, 0.3) is 0 Å². The Labute approximate surface area is 95.2 Å². The maximum absolute atomic E-state index is 9.95. The first kappa shape index (κ1) is 19.8. The van der Waals surface area contributed by atoms with E-state index >= 15 is 0 Å². The maximum atomic E-state index is 9.95. The molecule has 0 saturated carbocycles. The minimum Gasteiger partial charge on any atom is -0.810 e. The molecule has 13 heavy (non-hydrogen) atoms. The second-order valence-electron chi connectivity index (χ2n) is 1.74. The molecule has 0 bridgehead atoms. The molecule has 0 atom stereocenters. The van der Waals surface area contributed by atoms with Crippen molar-refractivity contribution >= 4 is 15.2 Å². The van der Waals surface area contributed by atoms with Crippen LogP contribution in [0.4, 0.5) is 0 Å². The standard InChI is InChI=1S/C2H8O7P2.2Mn/c3-1-2(10(4,5)6)11(7,8)9;;/h2-3H,1H2,(H2,4,5,6)(H2,7,8,9);;/q;2*+2/p-4. The van der Waals surface area contributed by atoms with Crippen molar-refractivity contribution in [3.8, 4) is 0 Å². The zero-order valence-corrected chi connectivity index (χ0v) is 9.98. The Bertz CT molecular complexity index is 197. The van der Waals surface area contributed by atoms with E-state index < -0.39 is 27.2 Å². The summed E-state index contributed by atoms with van der Waals surface area (Å²) in [4.78, 5) is 39.8. The summed E-state index contributed by atoms with van der Waals surface area (Å²) in [5.74, 6) is 0. The van der Waals surface area contributed by atoms with Gasteiger partial charge in [-0.2, -0.15) is 0 Å². The van der Waals surface area contributed by atoms with Crippen LogP contribution in [-0.4, -0.2) is 17.1 Å². The Morgan fingerprint density at radius 2 is 1.23 bits per heavy atom. The Kier molecular flexibility index (Phi) is 10.2. The third-order valence-electron chi connectivity index (χ3n) is 0.893. The normalized spacial score (nSPS) is 11.8. The predicted molar refractivity (Wildman–Crippen MR) is 26.1 cm³/mol. The molecule has 0 aromatic carbocycles. The zero-order valence-electron chi connectivity index (χ0n) is 5.83. The number of hydrogen-bond acceptors (Lipinski definition) is 7. The van der Waals surface area contributed by atoms with Crippen LogP contribution < -0.4 is 19.6 Å². The fourth-order valence-electron chi connectivity index (χ4n) is 0.373. The molecule has 0 amide bonds. The largest absolute Gasteiger partial charge is 2.00 e. The Morgan fingerprint density at radius 3 is 1.23 bits per heavy atom. The fraction of sp³-hybridized carbons (Fsp3) is 1.00. The molecule has 0 aliphatic carbocycles. The first-order valence-corrected chi connectivity index (χ1v) is 5.56. The van der Waals surface area contributed by atoms with E-state index in [1.165, 1.54) is 0 Å². The van der Waals surface area contributed by atoms with Crippen molar-refractivity contribution in [2.24, 2.45) is 0 Å². The summed E-state index contributed by atoms with van der Waals surface area (Å²) in [6.07, 6.45) is 0. The van der Waals surface area contributed by atoms with Gasteiger partial charge in [0, 0.05) is 5.40 Å². The number of aliphatic hydroxyl groups excluding tert-OH is 1. The average molecular weight is 312 g/mol. The van der Waals surface area contributed by atoms with Gasteiger partial charge in [-0.05, 0) is 0 Å². The van der Waals surface area contributed by atoms with Crippen LogP contribution in [0.2, 0.25) is 0 Å². The molecule has 0 fully saturated rings. The van der Waals surface area contributed by atoms with Crippen LogP contribution in [0.1, 0.15) is 0 Å². The second kappa shape index (κ2) is 6.72. The van der Waals surface area contributed by atoms with Gasteiger partial charge in [0.25, 0.3) is 0 Å². The van der Waals surface area contributed by atoms with E-state index in [9.17, 15) is 28.7 Å². The van der Waals surface area contributed by atoms with Gasteiger partial charge in [-0.1, -0.05) is 15.2 Å². The number of rotatable bonds is 3. The van der Waals surface area contributed by atoms with Crippen molar-refractivity contribution in [2.75, 3.05) is 6.61 Å². The predicted octanol–water partition coefficient (Wildman–Crippen LogP) is -3.87. The van der Waals surface area contributed by atoms with E-state index in [2.05, 4.69) is 0 Å². The summed E-state index contributed by atoms with van der Waals surface area (Å²) in [6.45, 7) is -1.49. The maximum Gasteiger partial charge on any atom is 2.00 e. The van der Waals surface area contributed by atoms with Gasteiger partial charge in [0.1, 0.15) is 0 Å². The van der Waals surface area contributed by atoms with Crippen LogP contribution in [0.3, 0.4) is 0 Å². The number of hydrogen-bond donors (Lipinski definition) is 1. The molecule has 0 aromatic heterocycles. The van der Waals surface area contributed by atoms with Gasteiger partial charge < -0.3 is 33.8 Å². The summed E-state index contributed by atoms with van der Waals surface area (Å²) >= 11 is 0. The SMILES string of the molecule is O=P([O-])([O-])C(CO)P(=O)([O-])[O-].[Mn+2].[Mn+2]. The van der Waals surface area contributed by atoms with Crippen molar-refractivity contribution in [2.45, 2.75) is 5.40 Å². The molecule has 0 spiro atoms. The summed E-state index contributed by atoms with van der Waals surface area (Å²) < 4.78 is 19.9. The topological polar surface area (TPSA) is 147 Å². The molecule has 0 rings (SSSR count). The molecule has 11 heteroatoms. The van der Waals surface area contributed by atoms with E-state index in [4.69, 9.17) is 5.11 Å². The first-order valence-electron chi connectivity index (χ1n) is 2.34. The van der Waals surface area contributed by atoms with Crippen molar-refractivity contribution in [3.05, 3.63) is 0 Å². The Morgan fingerprint density at radius 1 is 1.00 bits per heavy atom. The minimum atomic E-state index is -5.54. The molecule has 2 radical (unpaired) electrons. The molecule has 0 unspecified atom stereocenters. The van der Waals surface area contributed by atoms with Crippen molar-refractivity contribution in [1.82, 2.24) is 0 Å². The molecule has 0 aliphatic heterocycles. The van der Waals surface area contributed by atoms with Crippen LogP contribution in [0.5, 0.6) is 0 Å². The van der Waals surface area contributed by atoms with Crippen LogP contribution in [0, 0.1) is 0 Å². The van der Waals surface area contributed by atoms with E-state index in [0.29, 0.717) is 0 Å². The summed E-state index contributed by atoms with van der Waals surface area (Å²) in [5.41, 5.74) is 0. The molecule has 0 aromatic rings. The second-order valence-corrected chi connectivity index (χ2v) is 5.56. The van der Waals surface area contributed by atoms with E-state index in [1.807, 2.05) is 0 Å². The molecule has 0 aliphatic rings. The average Bonchev–Trinajstić information content (AvgIpc) is 1.56. The third kappa shape index (κ3) is 7.25. The summed E-state index contributed by atoms with van der Waals surface area (Å²) in [5, 5.41) is 5.31. The molecule has 78 valence electrons. The molecule has 7 nitrogen and oxygen atoms in total. The third-order valence-corrected chi connectivity index (χ3v) is 4.38. The Hall–Kier alpha value is 1.30. The molecular weight excluding hydrogens is 308 g/mol. The molecule has 0 saturated heterocycles. The van der Waals surface area contributed by atoms with Gasteiger partial charge in [-0.25, -0.2) is 0 Å². The number of aliphatic hydroxyl groups is 1. The van der Waals surface area contributed by atoms with E-state index in [1.54, 1.807) is 0 Å². The summed E-state index contributed by atoms with van der Waals surface area (Å²) in [6, 6.07) is 0. The van der Waals surface area contributed by atoms with Crippen molar-refractivity contribution in [3.63, 3.8) is 0 Å².